The number of ether oxygens (including phenoxy) is 1. The molecular formula is C12H12Cl4O2. The number of benzene rings is 1. The van der Waals surface area contributed by atoms with Gasteiger partial charge < -0.3 is 4.74 Å². The van der Waals surface area contributed by atoms with Crippen LogP contribution in [0.25, 0.3) is 0 Å². The Kier molecular flexibility index (Phi) is 5.19. The largest absolute Gasteiger partial charge is 0.464 e. The molecule has 0 amide bonds. The molecule has 0 heterocycles. The molecule has 1 aromatic carbocycles. The number of halogens is 4. The molecule has 0 saturated carbocycles. The lowest BCUT2D eigenvalue weighted by molar-refractivity contribution is -0.130. The van der Waals surface area contributed by atoms with Crippen molar-refractivity contribution in [3.63, 3.8) is 0 Å². The minimum atomic E-state index is -1.17. The topological polar surface area (TPSA) is 26.3 Å². The molecule has 6 heteroatoms. The second kappa shape index (κ2) is 5.87. The van der Waals surface area contributed by atoms with Crippen LogP contribution < -0.4 is 4.74 Å². The molecule has 0 N–H and O–H groups in total. The van der Waals surface area contributed by atoms with Crippen LogP contribution >= 0.6 is 46.4 Å². The number of hydrogen-bond acceptors (Lipinski definition) is 2. The molecule has 0 aliphatic carbocycles. The van der Waals surface area contributed by atoms with Crippen molar-refractivity contribution in [2.75, 3.05) is 0 Å². The first-order chi connectivity index (χ1) is 8.14. The zero-order valence-corrected chi connectivity index (χ0v) is 13.1. The van der Waals surface area contributed by atoms with Crippen molar-refractivity contribution in [2.45, 2.75) is 26.3 Å². The molecule has 2 nitrogen and oxygen atoms in total. The van der Waals surface area contributed by atoms with Gasteiger partial charge in [-0.2, -0.15) is 0 Å². The lowest BCUT2D eigenvalue weighted by atomic mass is 9.91. The zero-order valence-electron chi connectivity index (χ0n) is 10.1. The molecule has 0 aliphatic rings. The third-order valence-corrected chi connectivity index (χ3v) is 3.54. The van der Waals surface area contributed by atoms with Crippen molar-refractivity contribution in [1.82, 2.24) is 0 Å². The van der Waals surface area contributed by atoms with E-state index in [4.69, 9.17) is 51.1 Å². The summed E-state index contributed by atoms with van der Waals surface area (Å²) in [5.74, 6) is -0.153. The van der Waals surface area contributed by atoms with Gasteiger partial charge in [0.15, 0.2) is 11.5 Å². The molecule has 1 unspecified atom stereocenters. The predicted molar refractivity (Wildman–Crippen MR) is 76.2 cm³/mol. The fourth-order valence-electron chi connectivity index (χ4n) is 1.11. The molecule has 1 atom stereocenters. The van der Waals surface area contributed by atoms with Gasteiger partial charge >= 0.3 is 0 Å². The summed E-state index contributed by atoms with van der Waals surface area (Å²) in [7, 11) is 0. The molecule has 0 aromatic heterocycles. The molecule has 100 valence electrons. The third kappa shape index (κ3) is 3.67. The Morgan fingerprint density at radius 1 is 1.17 bits per heavy atom. The average Bonchev–Trinajstić information content (AvgIpc) is 2.27. The van der Waals surface area contributed by atoms with Gasteiger partial charge in [-0.05, 0) is 12.1 Å². The van der Waals surface area contributed by atoms with E-state index in [-0.39, 0.29) is 26.6 Å². The van der Waals surface area contributed by atoms with Crippen LogP contribution in [0.15, 0.2) is 12.1 Å². The maximum atomic E-state index is 11.9. The summed E-state index contributed by atoms with van der Waals surface area (Å²) >= 11 is 23.6. The van der Waals surface area contributed by atoms with Crippen molar-refractivity contribution in [2.24, 2.45) is 5.41 Å². The minimum absolute atomic E-state index is 0.114. The van der Waals surface area contributed by atoms with Gasteiger partial charge in [0.05, 0.1) is 10.0 Å². The fraction of sp³-hybridized carbons (Fsp3) is 0.417. The first-order valence-electron chi connectivity index (χ1n) is 5.13. The van der Waals surface area contributed by atoms with Gasteiger partial charge in [0, 0.05) is 5.41 Å². The van der Waals surface area contributed by atoms with Crippen molar-refractivity contribution >= 4 is 52.2 Å². The van der Waals surface area contributed by atoms with Gasteiger partial charge in [0.1, 0.15) is 5.02 Å². The van der Waals surface area contributed by atoms with E-state index in [1.54, 1.807) is 20.8 Å². The number of hydrogen-bond donors (Lipinski definition) is 0. The fourth-order valence-corrected chi connectivity index (χ4v) is 2.14. The number of ketones is 1. The maximum Gasteiger partial charge on any atom is 0.230 e. The highest BCUT2D eigenvalue weighted by Crippen LogP contribution is 2.39. The van der Waals surface area contributed by atoms with Gasteiger partial charge in [0.2, 0.25) is 5.56 Å². The van der Waals surface area contributed by atoms with E-state index in [0.29, 0.717) is 0 Å². The Labute approximate surface area is 126 Å². The zero-order chi connectivity index (χ0) is 14.1. The molecule has 1 aromatic rings. The molecular weight excluding hydrogens is 318 g/mol. The van der Waals surface area contributed by atoms with Crippen molar-refractivity contribution < 1.29 is 9.53 Å². The van der Waals surface area contributed by atoms with Crippen molar-refractivity contribution in [3.05, 3.63) is 27.2 Å². The predicted octanol–water partition coefficient (Wildman–Crippen LogP) is 5.21. The first kappa shape index (κ1) is 15.9. The van der Waals surface area contributed by atoms with Crippen LogP contribution in [0.2, 0.25) is 15.1 Å². The monoisotopic (exact) mass is 328 g/mol. The summed E-state index contributed by atoms with van der Waals surface area (Å²) < 4.78 is 5.31. The minimum Gasteiger partial charge on any atom is -0.464 e. The summed E-state index contributed by atoms with van der Waals surface area (Å²) in [5, 5.41) is 0.663. The molecule has 0 aliphatic heterocycles. The summed E-state index contributed by atoms with van der Waals surface area (Å²) in [6.45, 7) is 5.24. The Morgan fingerprint density at radius 3 is 2.17 bits per heavy atom. The van der Waals surface area contributed by atoms with Gasteiger partial charge in [-0.25, -0.2) is 0 Å². The SMILES string of the molecule is CC(C)(C)C(=O)C(Cl)Oc1c(Cl)ccc(Cl)c1Cl. The number of carbonyl (C=O) groups is 1. The van der Waals surface area contributed by atoms with E-state index in [0.717, 1.165) is 0 Å². The van der Waals surface area contributed by atoms with Crippen LogP contribution in [0.1, 0.15) is 20.8 Å². The highest BCUT2D eigenvalue weighted by molar-refractivity contribution is 6.44. The Morgan fingerprint density at radius 2 is 1.67 bits per heavy atom. The molecule has 0 radical (unpaired) electrons. The van der Waals surface area contributed by atoms with E-state index >= 15 is 0 Å². The standard InChI is InChI=1S/C12H12Cl4O2/c1-12(2,3)10(17)11(16)18-9-7(14)5-4-6(13)8(9)15/h4-5,11H,1-3H3. The molecule has 0 spiro atoms. The second-order valence-corrected chi connectivity index (χ2v) is 6.31. The van der Waals surface area contributed by atoms with Gasteiger partial charge in [-0.1, -0.05) is 67.2 Å². The number of rotatable bonds is 3. The van der Waals surface area contributed by atoms with Gasteiger partial charge in [-0.15, -0.1) is 0 Å². The van der Waals surface area contributed by atoms with Gasteiger partial charge in [0.25, 0.3) is 0 Å². The van der Waals surface area contributed by atoms with E-state index < -0.39 is 11.0 Å². The average molecular weight is 330 g/mol. The number of Topliss-reactive ketones (excluding diaryl/α,β-unsaturated/α-hetero) is 1. The highest BCUT2D eigenvalue weighted by atomic mass is 35.5. The molecule has 0 bridgehead atoms. The molecule has 18 heavy (non-hydrogen) atoms. The lowest BCUT2D eigenvalue weighted by Gasteiger charge is -2.22. The summed E-state index contributed by atoms with van der Waals surface area (Å²) in [4.78, 5) is 11.9. The summed E-state index contributed by atoms with van der Waals surface area (Å²) in [5.41, 5.74) is -1.79. The van der Waals surface area contributed by atoms with Crippen LogP contribution in [0.4, 0.5) is 0 Å². The van der Waals surface area contributed by atoms with Crippen LogP contribution in [0, 0.1) is 5.41 Å². The van der Waals surface area contributed by atoms with Crippen molar-refractivity contribution in [1.29, 1.82) is 0 Å². The normalized spacial score (nSPS) is 13.3. The smallest absolute Gasteiger partial charge is 0.230 e. The number of carbonyl (C=O) groups excluding carboxylic acids is 1. The Balaban J connectivity index is 2.99. The van der Waals surface area contributed by atoms with E-state index in [1.807, 2.05) is 0 Å². The Bertz CT molecular complexity index is 466. The van der Waals surface area contributed by atoms with Crippen LogP contribution in [0.5, 0.6) is 5.75 Å². The molecule has 0 saturated heterocycles. The number of alkyl halides is 1. The van der Waals surface area contributed by atoms with E-state index in [1.165, 1.54) is 12.1 Å². The lowest BCUT2D eigenvalue weighted by Crippen LogP contribution is -2.32. The first-order valence-corrected chi connectivity index (χ1v) is 6.70. The second-order valence-electron chi connectivity index (χ2n) is 4.72. The molecule has 1 rings (SSSR count). The Hall–Kier alpha value is -0.150. The van der Waals surface area contributed by atoms with Crippen LogP contribution in [0.3, 0.4) is 0 Å². The van der Waals surface area contributed by atoms with Crippen LogP contribution in [-0.2, 0) is 4.79 Å². The van der Waals surface area contributed by atoms with E-state index in [9.17, 15) is 4.79 Å². The van der Waals surface area contributed by atoms with Crippen LogP contribution in [-0.4, -0.2) is 11.3 Å². The summed E-state index contributed by atoms with van der Waals surface area (Å²) in [6.07, 6.45) is 0. The van der Waals surface area contributed by atoms with E-state index in [2.05, 4.69) is 0 Å². The highest BCUT2D eigenvalue weighted by Gasteiger charge is 2.30. The maximum absolute atomic E-state index is 11.9. The van der Waals surface area contributed by atoms with Gasteiger partial charge in [-0.3, -0.25) is 4.79 Å². The third-order valence-electron chi connectivity index (χ3n) is 2.17. The quantitative estimate of drug-likeness (QED) is 0.562. The van der Waals surface area contributed by atoms with Crippen molar-refractivity contribution in [3.8, 4) is 5.75 Å². The summed E-state index contributed by atoms with van der Waals surface area (Å²) in [6, 6.07) is 3.06. The molecule has 0 fully saturated rings.